The molecule has 4 unspecified atom stereocenters. The van der Waals surface area contributed by atoms with Crippen LogP contribution >= 0.6 is 0 Å². The van der Waals surface area contributed by atoms with E-state index in [0.717, 1.165) is 6.08 Å². The Morgan fingerprint density at radius 1 is 1.04 bits per heavy atom. The molecule has 2 N–H and O–H groups in total. The van der Waals surface area contributed by atoms with E-state index in [-0.39, 0.29) is 13.2 Å². The fourth-order valence-corrected chi connectivity index (χ4v) is 2.44. The summed E-state index contributed by atoms with van der Waals surface area (Å²) in [5.41, 5.74) is 0. The maximum Gasteiger partial charge on any atom is 0.330 e. The van der Waals surface area contributed by atoms with Crippen LogP contribution in [0.3, 0.4) is 0 Å². The third-order valence-corrected chi connectivity index (χ3v) is 3.54. The zero-order valence-corrected chi connectivity index (χ0v) is 12.5. The second kappa shape index (κ2) is 8.11. The fourth-order valence-electron chi connectivity index (χ4n) is 2.44. The summed E-state index contributed by atoms with van der Waals surface area (Å²) < 4.78 is 9.48. The molecule has 1 aliphatic rings. The van der Waals surface area contributed by atoms with Gasteiger partial charge in [0, 0.05) is 6.08 Å². The van der Waals surface area contributed by atoms with Crippen LogP contribution in [0.5, 0.6) is 0 Å². The molecule has 0 saturated heterocycles. The average molecular weight is 326 g/mol. The SMILES string of the molecule is C=CC(=O)OCCOC(=O)C1C=CC(C)C(C(=O)O)C1C(=O)O. The highest BCUT2D eigenvalue weighted by Gasteiger charge is 2.47. The van der Waals surface area contributed by atoms with Crippen LogP contribution in [0, 0.1) is 23.7 Å². The molecule has 1 aliphatic carbocycles. The molecule has 0 aromatic carbocycles. The summed E-state index contributed by atoms with van der Waals surface area (Å²) in [6, 6.07) is 0. The van der Waals surface area contributed by atoms with Crippen molar-refractivity contribution in [1.29, 1.82) is 0 Å². The molecule has 0 aromatic rings. The van der Waals surface area contributed by atoms with Gasteiger partial charge in [-0.25, -0.2) is 4.79 Å². The lowest BCUT2D eigenvalue weighted by Crippen LogP contribution is -2.43. The molecule has 8 nitrogen and oxygen atoms in total. The quantitative estimate of drug-likeness (QED) is 0.299. The van der Waals surface area contributed by atoms with Crippen molar-refractivity contribution < 1.29 is 38.9 Å². The zero-order chi connectivity index (χ0) is 17.6. The maximum atomic E-state index is 12.0. The smallest absolute Gasteiger partial charge is 0.330 e. The van der Waals surface area contributed by atoms with E-state index in [1.165, 1.54) is 12.2 Å². The van der Waals surface area contributed by atoms with Crippen molar-refractivity contribution in [2.24, 2.45) is 23.7 Å². The summed E-state index contributed by atoms with van der Waals surface area (Å²) >= 11 is 0. The average Bonchev–Trinajstić information content (AvgIpc) is 2.49. The molecular weight excluding hydrogens is 308 g/mol. The highest BCUT2D eigenvalue weighted by atomic mass is 16.6. The molecule has 1 rings (SSSR count). The van der Waals surface area contributed by atoms with E-state index in [1.54, 1.807) is 6.92 Å². The molecule has 4 atom stereocenters. The monoisotopic (exact) mass is 326 g/mol. The minimum absolute atomic E-state index is 0.205. The topological polar surface area (TPSA) is 127 Å². The molecule has 0 amide bonds. The van der Waals surface area contributed by atoms with Crippen molar-refractivity contribution in [3.05, 3.63) is 24.8 Å². The van der Waals surface area contributed by atoms with Crippen molar-refractivity contribution >= 4 is 23.9 Å². The first-order valence-electron chi connectivity index (χ1n) is 6.89. The summed E-state index contributed by atoms with van der Waals surface area (Å²) in [7, 11) is 0. The summed E-state index contributed by atoms with van der Waals surface area (Å²) in [6.45, 7) is 4.30. The van der Waals surface area contributed by atoms with Crippen LogP contribution in [-0.2, 0) is 28.7 Å². The van der Waals surface area contributed by atoms with Gasteiger partial charge >= 0.3 is 23.9 Å². The van der Waals surface area contributed by atoms with Crippen LogP contribution in [0.15, 0.2) is 24.8 Å². The van der Waals surface area contributed by atoms with E-state index in [0.29, 0.717) is 0 Å². The number of carbonyl (C=O) groups excluding carboxylic acids is 2. The predicted molar refractivity (Wildman–Crippen MR) is 76.2 cm³/mol. The van der Waals surface area contributed by atoms with E-state index in [4.69, 9.17) is 4.74 Å². The van der Waals surface area contributed by atoms with E-state index in [2.05, 4.69) is 11.3 Å². The van der Waals surface area contributed by atoms with Gasteiger partial charge in [-0.15, -0.1) is 0 Å². The van der Waals surface area contributed by atoms with Crippen LogP contribution in [0.1, 0.15) is 6.92 Å². The number of esters is 2. The lowest BCUT2D eigenvalue weighted by atomic mass is 9.71. The number of carboxylic acid groups (broad SMARTS) is 2. The number of carboxylic acids is 2. The normalized spacial score (nSPS) is 26.1. The van der Waals surface area contributed by atoms with Crippen LogP contribution in [0.2, 0.25) is 0 Å². The molecule has 0 bridgehead atoms. The van der Waals surface area contributed by atoms with Crippen LogP contribution in [0.25, 0.3) is 0 Å². The van der Waals surface area contributed by atoms with Crippen LogP contribution in [-0.4, -0.2) is 47.3 Å². The highest BCUT2D eigenvalue weighted by molar-refractivity contribution is 5.88. The molecule has 0 saturated carbocycles. The maximum absolute atomic E-state index is 12.0. The Kier molecular flexibility index (Phi) is 6.49. The summed E-state index contributed by atoms with van der Waals surface area (Å²) in [4.78, 5) is 45.5. The molecule has 8 heteroatoms. The molecule has 0 spiro atoms. The second-order valence-corrected chi connectivity index (χ2v) is 5.04. The van der Waals surface area contributed by atoms with Crippen molar-refractivity contribution in [1.82, 2.24) is 0 Å². The van der Waals surface area contributed by atoms with E-state index in [9.17, 15) is 29.4 Å². The first-order chi connectivity index (χ1) is 10.8. The van der Waals surface area contributed by atoms with Crippen molar-refractivity contribution in [3.63, 3.8) is 0 Å². The van der Waals surface area contributed by atoms with Crippen LogP contribution in [0.4, 0.5) is 0 Å². The molecule has 0 radical (unpaired) electrons. The first-order valence-corrected chi connectivity index (χ1v) is 6.89. The van der Waals surface area contributed by atoms with Crippen molar-refractivity contribution in [2.45, 2.75) is 6.92 Å². The highest BCUT2D eigenvalue weighted by Crippen LogP contribution is 2.35. The Balaban J connectivity index is 2.75. The van der Waals surface area contributed by atoms with Gasteiger partial charge in [0.2, 0.25) is 0 Å². The van der Waals surface area contributed by atoms with Gasteiger partial charge in [0.15, 0.2) is 0 Å². The number of allylic oxidation sites excluding steroid dienone is 1. The van der Waals surface area contributed by atoms with Gasteiger partial charge in [0.25, 0.3) is 0 Å². The number of aliphatic carboxylic acids is 2. The largest absolute Gasteiger partial charge is 0.481 e. The third kappa shape index (κ3) is 4.67. The first kappa shape index (κ1) is 18.4. The number of carbonyl (C=O) groups is 4. The predicted octanol–water partition coefficient (Wildman–Crippen LogP) is 0.482. The number of hydrogen-bond acceptors (Lipinski definition) is 6. The van der Waals surface area contributed by atoms with Gasteiger partial charge in [-0.3, -0.25) is 14.4 Å². The van der Waals surface area contributed by atoms with Crippen molar-refractivity contribution in [3.8, 4) is 0 Å². The minimum atomic E-state index is -1.42. The number of hydrogen-bond donors (Lipinski definition) is 2. The second-order valence-electron chi connectivity index (χ2n) is 5.04. The number of ether oxygens (including phenoxy) is 2. The summed E-state index contributed by atoms with van der Waals surface area (Å²) in [6.07, 6.45) is 3.79. The molecule has 0 aliphatic heterocycles. The Morgan fingerprint density at radius 2 is 1.61 bits per heavy atom. The van der Waals surface area contributed by atoms with E-state index >= 15 is 0 Å². The Labute approximate surface area is 132 Å². The zero-order valence-electron chi connectivity index (χ0n) is 12.5. The molecular formula is C15H18O8. The third-order valence-electron chi connectivity index (χ3n) is 3.54. The Bertz CT molecular complexity index is 536. The van der Waals surface area contributed by atoms with Gasteiger partial charge in [-0.2, -0.15) is 0 Å². The molecule has 23 heavy (non-hydrogen) atoms. The standard InChI is InChI=1S/C15H18O8/c1-3-10(16)22-6-7-23-15(21)9-5-4-8(2)11(13(17)18)12(9)14(19)20/h3-5,8-9,11-12H,1,6-7H2,2H3,(H,17,18)(H,19,20). The fraction of sp³-hybridized carbons (Fsp3) is 0.467. The molecule has 0 heterocycles. The lowest BCUT2D eigenvalue weighted by molar-refractivity contribution is -0.165. The van der Waals surface area contributed by atoms with Crippen LogP contribution < -0.4 is 0 Å². The summed E-state index contributed by atoms with van der Waals surface area (Å²) in [5.74, 6) is -8.60. The van der Waals surface area contributed by atoms with Gasteiger partial charge in [-0.1, -0.05) is 25.7 Å². The van der Waals surface area contributed by atoms with E-state index in [1.807, 2.05) is 0 Å². The molecule has 0 aromatic heterocycles. The van der Waals surface area contributed by atoms with E-state index < -0.39 is 47.5 Å². The molecule has 0 fully saturated rings. The Morgan fingerprint density at radius 3 is 2.13 bits per heavy atom. The number of rotatable bonds is 7. The van der Waals surface area contributed by atoms with Gasteiger partial charge in [0.1, 0.15) is 13.2 Å². The summed E-state index contributed by atoms with van der Waals surface area (Å²) in [5, 5.41) is 18.5. The lowest BCUT2D eigenvalue weighted by Gasteiger charge is -2.31. The Hall–Kier alpha value is -2.64. The van der Waals surface area contributed by atoms with Crippen molar-refractivity contribution in [2.75, 3.05) is 13.2 Å². The van der Waals surface area contributed by atoms with Gasteiger partial charge in [0.05, 0.1) is 17.8 Å². The molecule has 126 valence electrons. The minimum Gasteiger partial charge on any atom is -0.481 e. The van der Waals surface area contributed by atoms with Gasteiger partial charge < -0.3 is 19.7 Å². The van der Waals surface area contributed by atoms with Gasteiger partial charge in [-0.05, 0) is 5.92 Å².